The van der Waals surface area contributed by atoms with Crippen molar-refractivity contribution in [3.05, 3.63) is 29.6 Å². The molecule has 0 atom stereocenters. The first-order chi connectivity index (χ1) is 7.16. The van der Waals surface area contributed by atoms with Gasteiger partial charge in [0.25, 0.3) is 0 Å². The van der Waals surface area contributed by atoms with Crippen molar-refractivity contribution in [1.29, 1.82) is 0 Å². The normalized spacial score (nSPS) is 19.3. The number of rotatable bonds is 1. The van der Waals surface area contributed by atoms with Crippen LogP contribution in [0.15, 0.2) is 18.2 Å². The van der Waals surface area contributed by atoms with Crippen molar-refractivity contribution in [2.45, 2.75) is 18.8 Å². The number of benzene rings is 1. The second kappa shape index (κ2) is 4.19. The first kappa shape index (κ1) is 10.4. The fourth-order valence-corrected chi connectivity index (χ4v) is 2.16. The van der Waals surface area contributed by atoms with Gasteiger partial charge in [0.2, 0.25) is 0 Å². The van der Waals surface area contributed by atoms with E-state index in [0.717, 1.165) is 25.9 Å². The van der Waals surface area contributed by atoms with Crippen molar-refractivity contribution < 1.29 is 4.39 Å². The van der Waals surface area contributed by atoms with Crippen LogP contribution in [0.1, 0.15) is 24.3 Å². The van der Waals surface area contributed by atoms with E-state index in [1.165, 1.54) is 11.6 Å². The Kier molecular flexibility index (Phi) is 2.91. The van der Waals surface area contributed by atoms with Crippen LogP contribution in [0.5, 0.6) is 0 Å². The predicted octanol–water partition coefficient (Wildman–Crippen LogP) is 2.22. The number of hydrogen-bond acceptors (Lipinski definition) is 2. The lowest BCUT2D eigenvalue weighted by Gasteiger charge is -2.29. The van der Waals surface area contributed by atoms with E-state index in [0.29, 0.717) is 5.92 Å². The third-order valence-corrected chi connectivity index (χ3v) is 3.21. The summed E-state index contributed by atoms with van der Waals surface area (Å²) in [7, 11) is 2.13. The van der Waals surface area contributed by atoms with Gasteiger partial charge in [-0.2, -0.15) is 0 Å². The molecule has 1 heterocycles. The van der Waals surface area contributed by atoms with Gasteiger partial charge in [-0.25, -0.2) is 4.39 Å². The Hall–Kier alpha value is -1.09. The number of nitrogens with zero attached hydrogens (tertiary/aromatic N) is 1. The molecule has 0 bridgehead atoms. The Morgan fingerprint density at radius 3 is 2.60 bits per heavy atom. The van der Waals surface area contributed by atoms with Crippen molar-refractivity contribution in [3.8, 4) is 0 Å². The molecule has 0 unspecified atom stereocenters. The zero-order valence-corrected chi connectivity index (χ0v) is 9.04. The van der Waals surface area contributed by atoms with Gasteiger partial charge < -0.3 is 10.6 Å². The fraction of sp³-hybridized carbons (Fsp3) is 0.500. The third kappa shape index (κ3) is 2.29. The van der Waals surface area contributed by atoms with Crippen LogP contribution in [0.2, 0.25) is 0 Å². The molecule has 1 aromatic rings. The molecule has 2 rings (SSSR count). The van der Waals surface area contributed by atoms with Gasteiger partial charge in [-0.1, -0.05) is 6.07 Å². The van der Waals surface area contributed by atoms with E-state index >= 15 is 0 Å². The van der Waals surface area contributed by atoms with Crippen LogP contribution in [0.3, 0.4) is 0 Å². The number of halogens is 1. The average Bonchev–Trinajstić information content (AvgIpc) is 2.23. The summed E-state index contributed by atoms with van der Waals surface area (Å²) in [6.07, 6.45) is 2.28. The molecule has 1 fully saturated rings. The molecule has 1 aliphatic heterocycles. The van der Waals surface area contributed by atoms with E-state index in [1.54, 1.807) is 6.07 Å². The number of nitrogen functional groups attached to an aromatic ring is 1. The maximum absolute atomic E-state index is 13.0. The van der Waals surface area contributed by atoms with E-state index < -0.39 is 0 Å². The highest BCUT2D eigenvalue weighted by Gasteiger charge is 2.18. The monoisotopic (exact) mass is 208 g/mol. The lowest BCUT2D eigenvalue weighted by Crippen LogP contribution is -2.29. The number of piperidine rings is 1. The Labute approximate surface area is 89.9 Å². The lowest BCUT2D eigenvalue weighted by atomic mass is 9.89. The summed E-state index contributed by atoms with van der Waals surface area (Å²) in [5.41, 5.74) is 7.02. The highest BCUT2D eigenvalue weighted by Crippen LogP contribution is 2.29. The van der Waals surface area contributed by atoms with E-state index in [9.17, 15) is 4.39 Å². The largest absolute Gasteiger partial charge is 0.396 e. The molecule has 0 spiro atoms. The molecular weight excluding hydrogens is 191 g/mol. The standard InChI is InChI=1S/C12H17FN2/c1-15-6-4-9(5-7-15)10-2-3-11(13)12(14)8-10/h2-3,8-9H,4-7,14H2,1H3. The first-order valence-corrected chi connectivity index (χ1v) is 5.40. The third-order valence-electron chi connectivity index (χ3n) is 3.21. The summed E-state index contributed by atoms with van der Waals surface area (Å²) in [6, 6.07) is 5.12. The first-order valence-electron chi connectivity index (χ1n) is 5.40. The summed E-state index contributed by atoms with van der Waals surface area (Å²) < 4.78 is 13.0. The predicted molar refractivity (Wildman–Crippen MR) is 60.3 cm³/mol. The molecule has 0 amide bonds. The van der Waals surface area contributed by atoms with Crippen molar-refractivity contribution in [1.82, 2.24) is 4.90 Å². The highest BCUT2D eigenvalue weighted by atomic mass is 19.1. The van der Waals surface area contributed by atoms with Crippen molar-refractivity contribution in [2.24, 2.45) is 0 Å². The van der Waals surface area contributed by atoms with E-state index in [2.05, 4.69) is 11.9 Å². The molecular formula is C12H17FN2. The molecule has 1 aromatic carbocycles. The maximum Gasteiger partial charge on any atom is 0.146 e. The van der Waals surface area contributed by atoms with Gasteiger partial charge in [0.05, 0.1) is 5.69 Å². The van der Waals surface area contributed by atoms with Crippen LogP contribution < -0.4 is 5.73 Å². The summed E-state index contributed by atoms with van der Waals surface area (Å²) in [6.45, 7) is 2.23. The van der Waals surface area contributed by atoms with E-state index in [1.807, 2.05) is 6.07 Å². The molecule has 0 aliphatic carbocycles. The number of anilines is 1. The quantitative estimate of drug-likeness (QED) is 0.717. The number of hydrogen-bond donors (Lipinski definition) is 1. The lowest BCUT2D eigenvalue weighted by molar-refractivity contribution is 0.255. The van der Waals surface area contributed by atoms with Crippen LogP contribution >= 0.6 is 0 Å². The number of nitrogens with two attached hydrogens (primary N) is 1. The second-order valence-electron chi connectivity index (χ2n) is 4.36. The van der Waals surface area contributed by atoms with Gasteiger partial charge in [0.1, 0.15) is 5.82 Å². The fourth-order valence-electron chi connectivity index (χ4n) is 2.16. The van der Waals surface area contributed by atoms with Gasteiger partial charge in [0.15, 0.2) is 0 Å². The van der Waals surface area contributed by atoms with Crippen molar-refractivity contribution in [3.63, 3.8) is 0 Å². The van der Waals surface area contributed by atoms with Crippen molar-refractivity contribution in [2.75, 3.05) is 25.9 Å². The van der Waals surface area contributed by atoms with Crippen LogP contribution in [0.4, 0.5) is 10.1 Å². The molecule has 1 aliphatic rings. The van der Waals surface area contributed by atoms with E-state index in [-0.39, 0.29) is 11.5 Å². The summed E-state index contributed by atoms with van der Waals surface area (Å²) >= 11 is 0. The van der Waals surface area contributed by atoms with Crippen LogP contribution in [0.25, 0.3) is 0 Å². The van der Waals surface area contributed by atoms with Gasteiger partial charge in [-0.05, 0) is 56.6 Å². The summed E-state index contributed by atoms with van der Waals surface area (Å²) in [4.78, 5) is 2.32. The summed E-state index contributed by atoms with van der Waals surface area (Å²) in [5, 5.41) is 0. The minimum atomic E-state index is -0.313. The Morgan fingerprint density at radius 1 is 1.33 bits per heavy atom. The van der Waals surface area contributed by atoms with Gasteiger partial charge in [0, 0.05) is 0 Å². The molecule has 82 valence electrons. The minimum absolute atomic E-state index is 0.270. The molecule has 0 radical (unpaired) electrons. The zero-order chi connectivity index (χ0) is 10.8. The van der Waals surface area contributed by atoms with Gasteiger partial charge in [-0.3, -0.25) is 0 Å². The smallest absolute Gasteiger partial charge is 0.146 e. The highest BCUT2D eigenvalue weighted by molar-refractivity contribution is 5.43. The Balaban J connectivity index is 2.12. The molecule has 0 aromatic heterocycles. The Morgan fingerprint density at radius 2 is 2.00 bits per heavy atom. The Bertz CT molecular complexity index is 343. The van der Waals surface area contributed by atoms with Gasteiger partial charge in [-0.15, -0.1) is 0 Å². The van der Waals surface area contributed by atoms with E-state index in [4.69, 9.17) is 5.73 Å². The molecule has 0 saturated carbocycles. The molecule has 15 heavy (non-hydrogen) atoms. The average molecular weight is 208 g/mol. The van der Waals surface area contributed by atoms with Crippen LogP contribution in [-0.2, 0) is 0 Å². The zero-order valence-electron chi connectivity index (χ0n) is 9.04. The SMILES string of the molecule is CN1CCC(c2ccc(F)c(N)c2)CC1. The molecule has 2 N–H and O–H groups in total. The van der Waals surface area contributed by atoms with Gasteiger partial charge >= 0.3 is 0 Å². The van der Waals surface area contributed by atoms with Crippen molar-refractivity contribution >= 4 is 5.69 Å². The summed E-state index contributed by atoms with van der Waals surface area (Å²) in [5.74, 6) is 0.232. The molecule has 2 nitrogen and oxygen atoms in total. The minimum Gasteiger partial charge on any atom is -0.396 e. The number of likely N-dealkylation sites (tertiary alicyclic amines) is 1. The maximum atomic E-state index is 13.0. The van der Waals surface area contributed by atoms with Crippen LogP contribution in [-0.4, -0.2) is 25.0 Å². The van der Waals surface area contributed by atoms with Crippen LogP contribution in [0, 0.1) is 5.82 Å². The second-order valence-corrected chi connectivity index (χ2v) is 4.36. The molecule has 1 saturated heterocycles. The topological polar surface area (TPSA) is 29.3 Å². The molecule has 3 heteroatoms.